The van der Waals surface area contributed by atoms with E-state index in [9.17, 15) is 9.90 Å². The van der Waals surface area contributed by atoms with Gasteiger partial charge in [0.1, 0.15) is 0 Å². The summed E-state index contributed by atoms with van der Waals surface area (Å²) in [6, 6.07) is 12.7. The second-order valence-electron chi connectivity index (χ2n) is 8.15. The Kier molecular flexibility index (Phi) is 6.65. The summed E-state index contributed by atoms with van der Waals surface area (Å²) < 4.78 is 0. The first kappa shape index (κ1) is 21.0. The van der Waals surface area contributed by atoms with E-state index in [1.807, 2.05) is 19.2 Å². The van der Waals surface area contributed by atoms with Gasteiger partial charge in [-0.2, -0.15) is 0 Å². The number of pyridine rings is 1. The molecule has 0 amide bonds. The molecule has 0 bridgehead atoms. The van der Waals surface area contributed by atoms with Crippen molar-refractivity contribution in [3.63, 3.8) is 0 Å². The van der Waals surface area contributed by atoms with E-state index in [1.165, 1.54) is 11.1 Å². The molecule has 3 rings (SSSR count). The zero-order valence-electron chi connectivity index (χ0n) is 17.3. The fraction of sp³-hybridized carbons (Fsp3) is 0.360. The molecule has 1 aliphatic rings. The van der Waals surface area contributed by atoms with Crippen molar-refractivity contribution in [2.24, 2.45) is 5.92 Å². The van der Waals surface area contributed by atoms with Gasteiger partial charge >= 0.3 is 5.97 Å². The first-order valence-electron chi connectivity index (χ1n) is 10.2. The summed E-state index contributed by atoms with van der Waals surface area (Å²) in [7, 11) is 0. The number of carbonyl (C=O) groups is 1. The van der Waals surface area contributed by atoms with Crippen molar-refractivity contribution in [2.75, 3.05) is 6.54 Å². The van der Waals surface area contributed by atoms with Crippen LogP contribution in [0.1, 0.15) is 55.0 Å². The third-order valence-corrected chi connectivity index (χ3v) is 5.89. The number of piperidine rings is 1. The second-order valence-corrected chi connectivity index (χ2v) is 8.15. The average molecular weight is 391 g/mol. The molecule has 0 saturated carbocycles. The smallest absolute Gasteiger partial charge is 0.303 e. The van der Waals surface area contributed by atoms with Crippen molar-refractivity contribution in [1.29, 1.82) is 0 Å². The van der Waals surface area contributed by atoms with Gasteiger partial charge in [-0.05, 0) is 61.9 Å². The lowest BCUT2D eigenvalue weighted by atomic mass is 9.82. The van der Waals surface area contributed by atoms with Crippen molar-refractivity contribution >= 4 is 5.97 Å². The van der Waals surface area contributed by atoms with Gasteiger partial charge in [0.2, 0.25) is 0 Å². The van der Waals surface area contributed by atoms with Gasteiger partial charge in [-0.1, -0.05) is 54.6 Å². The van der Waals surface area contributed by atoms with Crippen LogP contribution in [0.5, 0.6) is 0 Å². The van der Waals surface area contributed by atoms with Gasteiger partial charge in [0.15, 0.2) is 0 Å². The number of nitrogens with zero attached hydrogens (tertiary/aromatic N) is 2. The molecular weight excluding hydrogens is 360 g/mol. The zero-order chi connectivity index (χ0) is 21.0. The molecule has 1 saturated heterocycles. The van der Waals surface area contributed by atoms with Gasteiger partial charge in [0.05, 0.1) is 6.04 Å². The third kappa shape index (κ3) is 5.01. The number of likely N-dealkylation sites (tertiary alicyclic amines) is 1. The minimum atomic E-state index is -0.721. The summed E-state index contributed by atoms with van der Waals surface area (Å²) in [6.45, 7) is 13.4. The Labute approximate surface area is 173 Å². The summed E-state index contributed by atoms with van der Waals surface area (Å²) in [4.78, 5) is 18.1. The van der Waals surface area contributed by atoms with Gasteiger partial charge in [0.25, 0.3) is 0 Å². The summed E-state index contributed by atoms with van der Waals surface area (Å²) in [5, 5.41) is 9.33. The molecule has 1 aliphatic heterocycles. The largest absolute Gasteiger partial charge is 0.481 e. The van der Waals surface area contributed by atoms with E-state index in [2.05, 4.69) is 60.3 Å². The summed E-state index contributed by atoms with van der Waals surface area (Å²) in [5.74, 6) is -0.552. The Morgan fingerprint density at radius 3 is 2.59 bits per heavy atom. The van der Waals surface area contributed by atoms with E-state index < -0.39 is 5.97 Å². The van der Waals surface area contributed by atoms with Crippen molar-refractivity contribution in [2.45, 2.75) is 45.2 Å². The van der Waals surface area contributed by atoms with Crippen LogP contribution in [0.4, 0.5) is 0 Å². The van der Waals surface area contributed by atoms with Crippen LogP contribution in [0.15, 0.2) is 73.1 Å². The zero-order valence-corrected chi connectivity index (χ0v) is 17.3. The van der Waals surface area contributed by atoms with Gasteiger partial charge in [0, 0.05) is 24.9 Å². The van der Waals surface area contributed by atoms with Crippen LogP contribution in [0, 0.1) is 12.8 Å². The molecule has 0 unspecified atom stereocenters. The quantitative estimate of drug-likeness (QED) is 0.635. The lowest BCUT2D eigenvalue weighted by molar-refractivity contribution is -0.138. The number of hydrogen-bond acceptors (Lipinski definition) is 3. The van der Waals surface area contributed by atoms with E-state index >= 15 is 0 Å². The van der Waals surface area contributed by atoms with Crippen molar-refractivity contribution in [3.05, 3.63) is 89.8 Å². The van der Waals surface area contributed by atoms with Crippen LogP contribution in [0.3, 0.4) is 0 Å². The molecule has 1 aromatic heterocycles. The van der Waals surface area contributed by atoms with Crippen LogP contribution in [0.25, 0.3) is 0 Å². The fourth-order valence-corrected chi connectivity index (χ4v) is 4.28. The van der Waals surface area contributed by atoms with Crippen LogP contribution in [-0.2, 0) is 4.79 Å². The summed E-state index contributed by atoms with van der Waals surface area (Å²) in [6.07, 6.45) is 5.56. The highest BCUT2D eigenvalue weighted by atomic mass is 16.4. The predicted octanol–water partition coefficient (Wildman–Crippen LogP) is 5.49. The molecule has 2 heterocycles. The summed E-state index contributed by atoms with van der Waals surface area (Å²) in [5.41, 5.74) is 5.46. The molecular formula is C25H30N2O2. The lowest BCUT2D eigenvalue weighted by Crippen LogP contribution is -2.40. The first-order valence-corrected chi connectivity index (χ1v) is 10.2. The highest BCUT2D eigenvalue weighted by molar-refractivity contribution is 5.67. The fourth-order valence-electron chi connectivity index (χ4n) is 4.28. The molecule has 1 N–H and O–H groups in total. The van der Waals surface area contributed by atoms with Gasteiger partial charge in [-0.15, -0.1) is 0 Å². The maximum atomic E-state index is 11.3. The van der Waals surface area contributed by atoms with Crippen LogP contribution >= 0.6 is 0 Å². The van der Waals surface area contributed by atoms with Crippen LogP contribution in [0.2, 0.25) is 0 Å². The molecule has 2 aromatic rings. The molecule has 152 valence electrons. The minimum absolute atomic E-state index is 0.0294. The van der Waals surface area contributed by atoms with E-state index in [-0.39, 0.29) is 24.4 Å². The number of carboxylic acid groups (broad SMARTS) is 1. The molecule has 0 radical (unpaired) electrons. The van der Waals surface area contributed by atoms with Gasteiger partial charge in [-0.25, -0.2) is 0 Å². The van der Waals surface area contributed by atoms with Gasteiger partial charge < -0.3 is 5.11 Å². The molecule has 0 spiro atoms. The van der Waals surface area contributed by atoms with Gasteiger partial charge in [-0.3, -0.25) is 14.7 Å². The number of carboxylic acids is 1. The van der Waals surface area contributed by atoms with Crippen molar-refractivity contribution in [1.82, 2.24) is 9.88 Å². The van der Waals surface area contributed by atoms with Crippen LogP contribution in [-0.4, -0.2) is 27.5 Å². The van der Waals surface area contributed by atoms with E-state index in [4.69, 9.17) is 0 Å². The Morgan fingerprint density at radius 1 is 1.28 bits per heavy atom. The predicted molar refractivity (Wildman–Crippen MR) is 117 cm³/mol. The monoisotopic (exact) mass is 390 g/mol. The third-order valence-electron chi connectivity index (χ3n) is 5.89. The van der Waals surface area contributed by atoms with Crippen molar-refractivity contribution < 1.29 is 9.90 Å². The van der Waals surface area contributed by atoms with E-state index in [1.54, 1.807) is 6.20 Å². The number of aliphatic carboxylic acids is 1. The lowest BCUT2D eigenvalue weighted by Gasteiger charge is -2.45. The highest BCUT2D eigenvalue weighted by Gasteiger charge is 2.36. The molecule has 29 heavy (non-hydrogen) atoms. The Bertz CT molecular complexity index is 873. The second kappa shape index (κ2) is 9.19. The number of rotatable bonds is 7. The molecule has 4 nitrogen and oxygen atoms in total. The maximum absolute atomic E-state index is 11.3. The SMILES string of the molecule is C=C(C)C(=C)[C@H](c1cccnc1)N1CC[C@@H](CC(=O)O)C[C@H]1c1ccc(C)cc1. The maximum Gasteiger partial charge on any atom is 0.303 e. The highest BCUT2D eigenvalue weighted by Crippen LogP contribution is 2.44. The number of aryl methyl sites for hydroxylation is 1. The Hall–Kier alpha value is -2.72. The normalized spacial score (nSPS) is 20.8. The molecule has 3 atom stereocenters. The number of aromatic nitrogens is 1. The van der Waals surface area contributed by atoms with E-state index in [0.717, 1.165) is 36.1 Å². The summed E-state index contributed by atoms with van der Waals surface area (Å²) >= 11 is 0. The topological polar surface area (TPSA) is 53.4 Å². The standard InChI is InChI=1S/C25H30N2O2/c1-17(2)19(4)25(22-6-5-12-26-16-22)27-13-11-20(15-24(28)29)14-23(27)21-9-7-18(3)8-10-21/h5-10,12,16,20,23,25H,1,4,11,13-15H2,2-3H3,(H,28,29)/t20-,23+,25-/m1/s1. The Morgan fingerprint density at radius 2 is 2.00 bits per heavy atom. The number of hydrogen-bond donors (Lipinski definition) is 1. The molecule has 4 heteroatoms. The molecule has 1 fully saturated rings. The molecule has 1 aromatic carbocycles. The average Bonchev–Trinajstić information content (AvgIpc) is 2.70. The van der Waals surface area contributed by atoms with Crippen molar-refractivity contribution in [3.8, 4) is 0 Å². The first-order chi connectivity index (χ1) is 13.9. The van der Waals surface area contributed by atoms with Crippen LogP contribution < -0.4 is 0 Å². The Balaban J connectivity index is 2.01. The molecule has 0 aliphatic carbocycles. The minimum Gasteiger partial charge on any atom is -0.481 e. The van der Waals surface area contributed by atoms with E-state index in [0.29, 0.717) is 0 Å². The number of benzene rings is 1.